The first-order chi connectivity index (χ1) is 20.9. The van der Waals surface area contributed by atoms with Crippen LogP contribution in [0.15, 0.2) is 97.1 Å². The van der Waals surface area contributed by atoms with E-state index >= 15 is 0 Å². The lowest BCUT2D eigenvalue weighted by molar-refractivity contribution is 0.0600. The van der Waals surface area contributed by atoms with Crippen molar-refractivity contribution in [3.63, 3.8) is 0 Å². The molecule has 43 heavy (non-hydrogen) atoms. The highest BCUT2D eigenvalue weighted by Gasteiger charge is 2.13. The van der Waals surface area contributed by atoms with Crippen molar-refractivity contribution in [2.24, 2.45) is 0 Å². The van der Waals surface area contributed by atoms with Crippen LogP contribution in [-0.4, -0.2) is 25.0 Å². The van der Waals surface area contributed by atoms with Gasteiger partial charge in [-0.2, -0.15) is 0 Å². The van der Waals surface area contributed by atoms with Gasteiger partial charge < -0.3 is 14.2 Å². The number of hydrogen-bond donors (Lipinski definition) is 0. The lowest BCUT2D eigenvalue weighted by Gasteiger charge is -2.08. The minimum absolute atomic E-state index is 0.282. The van der Waals surface area contributed by atoms with E-state index in [0.29, 0.717) is 16.9 Å². The van der Waals surface area contributed by atoms with Gasteiger partial charge in [-0.05, 0) is 78.7 Å². The van der Waals surface area contributed by atoms with Gasteiger partial charge in [-0.1, -0.05) is 97.4 Å². The summed E-state index contributed by atoms with van der Waals surface area (Å²) < 4.78 is 15.4. The molecule has 0 fully saturated rings. The van der Waals surface area contributed by atoms with Crippen molar-refractivity contribution in [3.05, 3.63) is 119 Å². The normalized spacial score (nSPS) is 8.98. The first-order valence-corrected chi connectivity index (χ1v) is 14.8. The standard InChI is InChI=1S/C29H22O6.4C2H6/c1-19-3-5-20(6-4-19)21-7-9-23(10-8-21)28(31)34-26-17-13-24(14-18-26)29(32)35-25-15-11-22(12-16-25)27(30)33-2;4*1-2/h3-18H,1-2H3;4*1-2H3. The molecule has 4 aromatic carbocycles. The van der Waals surface area contributed by atoms with Crippen molar-refractivity contribution < 1.29 is 28.6 Å². The highest BCUT2D eigenvalue weighted by Crippen LogP contribution is 2.22. The summed E-state index contributed by atoms with van der Waals surface area (Å²) in [5.41, 5.74) is 4.30. The molecule has 4 rings (SSSR count). The van der Waals surface area contributed by atoms with Gasteiger partial charge in [-0.15, -0.1) is 0 Å². The fourth-order valence-corrected chi connectivity index (χ4v) is 3.31. The average Bonchev–Trinajstić information content (AvgIpc) is 3.09. The summed E-state index contributed by atoms with van der Waals surface area (Å²) in [5, 5.41) is 0. The van der Waals surface area contributed by atoms with Crippen LogP contribution in [0.1, 0.15) is 92.0 Å². The van der Waals surface area contributed by atoms with Crippen LogP contribution in [0.25, 0.3) is 11.1 Å². The highest BCUT2D eigenvalue weighted by molar-refractivity contribution is 5.93. The van der Waals surface area contributed by atoms with Gasteiger partial charge in [0, 0.05) is 0 Å². The van der Waals surface area contributed by atoms with Gasteiger partial charge in [0.1, 0.15) is 11.5 Å². The smallest absolute Gasteiger partial charge is 0.343 e. The maximum absolute atomic E-state index is 12.5. The van der Waals surface area contributed by atoms with Gasteiger partial charge in [-0.25, -0.2) is 14.4 Å². The molecule has 0 spiro atoms. The average molecular weight is 587 g/mol. The fourth-order valence-electron chi connectivity index (χ4n) is 3.31. The number of esters is 3. The van der Waals surface area contributed by atoms with Crippen molar-refractivity contribution in [1.82, 2.24) is 0 Å². The Labute approximate surface area is 257 Å². The van der Waals surface area contributed by atoms with E-state index in [9.17, 15) is 14.4 Å². The van der Waals surface area contributed by atoms with E-state index in [1.54, 1.807) is 12.1 Å². The largest absolute Gasteiger partial charge is 0.465 e. The molecule has 0 heterocycles. The predicted octanol–water partition coefficient (Wildman–Crippen LogP) is 9.99. The van der Waals surface area contributed by atoms with Gasteiger partial charge >= 0.3 is 17.9 Å². The monoisotopic (exact) mass is 586 g/mol. The number of ether oxygens (including phenoxy) is 3. The van der Waals surface area contributed by atoms with E-state index < -0.39 is 17.9 Å². The van der Waals surface area contributed by atoms with E-state index in [2.05, 4.69) is 4.74 Å². The van der Waals surface area contributed by atoms with E-state index in [4.69, 9.17) is 9.47 Å². The van der Waals surface area contributed by atoms with E-state index in [1.807, 2.05) is 98.7 Å². The summed E-state index contributed by atoms with van der Waals surface area (Å²) in [6.45, 7) is 18.0. The van der Waals surface area contributed by atoms with E-state index in [-0.39, 0.29) is 11.3 Å². The summed E-state index contributed by atoms with van der Waals surface area (Å²) in [7, 11) is 1.29. The van der Waals surface area contributed by atoms with Crippen LogP contribution in [0.3, 0.4) is 0 Å². The van der Waals surface area contributed by atoms with Gasteiger partial charge in [0.25, 0.3) is 0 Å². The summed E-state index contributed by atoms with van der Waals surface area (Å²) >= 11 is 0. The summed E-state index contributed by atoms with van der Waals surface area (Å²) in [6.07, 6.45) is 0. The predicted molar refractivity (Wildman–Crippen MR) is 176 cm³/mol. The first kappa shape index (κ1) is 38.3. The Morgan fingerprint density at radius 3 is 1.02 bits per heavy atom. The third kappa shape index (κ3) is 12.4. The maximum Gasteiger partial charge on any atom is 0.343 e. The third-order valence-electron chi connectivity index (χ3n) is 5.29. The second-order valence-corrected chi connectivity index (χ2v) is 7.76. The zero-order chi connectivity index (χ0) is 32.8. The fraction of sp³-hybridized carbons (Fsp3) is 0.270. The molecule has 0 amide bonds. The minimum Gasteiger partial charge on any atom is -0.465 e. The van der Waals surface area contributed by atoms with Gasteiger partial charge in [0.15, 0.2) is 0 Å². The second kappa shape index (κ2) is 22.0. The third-order valence-corrected chi connectivity index (χ3v) is 5.29. The van der Waals surface area contributed by atoms with Crippen molar-refractivity contribution >= 4 is 17.9 Å². The van der Waals surface area contributed by atoms with E-state index in [1.165, 1.54) is 61.2 Å². The number of rotatable bonds is 6. The Morgan fingerprint density at radius 1 is 0.419 bits per heavy atom. The zero-order valence-electron chi connectivity index (χ0n) is 27.2. The van der Waals surface area contributed by atoms with Crippen LogP contribution in [-0.2, 0) is 4.74 Å². The SMILES string of the molecule is CC.CC.CC.CC.COC(=O)c1ccc(OC(=O)c2ccc(OC(=O)c3ccc(-c4ccc(C)cc4)cc3)cc2)cc1. The molecule has 6 heteroatoms. The number of hydrogen-bond acceptors (Lipinski definition) is 6. The number of benzene rings is 4. The summed E-state index contributed by atoms with van der Waals surface area (Å²) in [5.74, 6) is -0.971. The van der Waals surface area contributed by atoms with E-state index in [0.717, 1.165) is 11.1 Å². The number of carbonyl (C=O) groups is 3. The molecule has 230 valence electrons. The lowest BCUT2D eigenvalue weighted by Crippen LogP contribution is -2.10. The molecule has 0 saturated carbocycles. The van der Waals surface area contributed by atoms with Crippen LogP contribution >= 0.6 is 0 Å². The molecule has 6 nitrogen and oxygen atoms in total. The Kier molecular flexibility index (Phi) is 19.6. The Balaban J connectivity index is 0.00000204. The Morgan fingerprint density at radius 2 is 0.698 bits per heavy atom. The Bertz CT molecular complexity index is 1340. The molecule has 0 aliphatic rings. The lowest BCUT2D eigenvalue weighted by atomic mass is 10.0. The molecule has 0 N–H and O–H groups in total. The molecule has 0 aliphatic heterocycles. The zero-order valence-corrected chi connectivity index (χ0v) is 27.2. The summed E-state index contributed by atoms with van der Waals surface area (Å²) in [6, 6.07) is 27.4. The van der Waals surface area contributed by atoms with Crippen molar-refractivity contribution in [2.75, 3.05) is 7.11 Å². The quantitative estimate of drug-likeness (QED) is 0.165. The van der Waals surface area contributed by atoms with Gasteiger partial charge in [0.05, 0.1) is 23.8 Å². The molecule has 0 aromatic heterocycles. The highest BCUT2D eigenvalue weighted by atomic mass is 16.5. The molecule has 0 saturated heterocycles. The minimum atomic E-state index is -0.583. The second-order valence-electron chi connectivity index (χ2n) is 7.76. The number of carbonyl (C=O) groups excluding carboxylic acids is 3. The maximum atomic E-state index is 12.5. The van der Waals surface area contributed by atoms with Crippen LogP contribution in [0.4, 0.5) is 0 Å². The molecule has 0 unspecified atom stereocenters. The molecule has 0 aliphatic carbocycles. The topological polar surface area (TPSA) is 78.9 Å². The molecule has 4 aromatic rings. The molecule has 0 radical (unpaired) electrons. The van der Waals surface area contributed by atoms with Crippen molar-refractivity contribution in [2.45, 2.75) is 62.3 Å². The Hall–Kier alpha value is -4.71. The number of methoxy groups -OCH3 is 1. The first-order valence-electron chi connectivity index (χ1n) is 14.8. The molecule has 0 bridgehead atoms. The van der Waals surface area contributed by atoms with Gasteiger partial charge in [-0.3, -0.25) is 0 Å². The van der Waals surface area contributed by atoms with Crippen LogP contribution in [0.2, 0.25) is 0 Å². The van der Waals surface area contributed by atoms with Crippen molar-refractivity contribution in [1.29, 1.82) is 0 Å². The van der Waals surface area contributed by atoms with Gasteiger partial charge in [0.2, 0.25) is 0 Å². The van der Waals surface area contributed by atoms with Crippen LogP contribution in [0.5, 0.6) is 11.5 Å². The van der Waals surface area contributed by atoms with Crippen molar-refractivity contribution in [3.8, 4) is 22.6 Å². The molecular weight excluding hydrogens is 540 g/mol. The number of aryl methyl sites for hydroxylation is 1. The van der Waals surface area contributed by atoms with Crippen LogP contribution < -0.4 is 9.47 Å². The summed E-state index contributed by atoms with van der Waals surface area (Å²) in [4.78, 5) is 36.4. The van der Waals surface area contributed by atoms with Crippen LogP contribution in [0, 0.1) is 6.92 Å². The molecule has 0 atom stereocenters. The molecular formula is C37H46O6.